The number of amides is 1. The molecule has 0 aliphatic carbocycles. The molecule has 0 spiro atoms. The Hall–Kier alpha value is -1.65. The zero-order valence-electron chi connectivity index (χ0n) is 9.42. The summed E-state index contributed by atoms with van der Waals surface area (Å²) in [7, 11) is 0. The maximum atomic E-state index is 13.1. The van der Waals surface area contributed by atoms with Gasteiger partial charge in [0.05, 0.1) is 6.61 Å². The summed E-state index contributed by atoms with van der Waals surface area (Å²) in [5.41, 5.74) is 4.97. The molecule has 0 atom stereocenters. The third-order valence-corrected chi connectivity index (χ3v) is 2.23. The first kappa shape index (κ1) is 13.4. The fourth-order valence-corrected chi connectivity index (χ4v) is 1.37. The van der Waals surface area contributed by atoms with Crippen molar-refractivity contribution in [3.05, 3.63) is 29.8 Å². The molecule has 1 aromatic rings. The van der Waals surface area contributed by atoms with E-state index in [1.807, 2.05) is 0 Å². The third kappa shape index (κ3) is 4.80. The SMILES string of the molecule is NC(=O)CCCCCOc1c(F)cccc1F. The second-order valence-corrected chi connectivity index (χ2v) is 3.68. The highest BCUT2D eigenvalue weighted by atomic mass is 19.1. The Labute approximate surface area is 98.6 Å². The maximum Gasteiger partial charge on any atom is 0.217 e. The zero-order valence-corrected chi connectivity index (χ0v) is 9.42. The van der Waals surface area contributed by atoms with Crippen molar-refractivity contribution in [2.75, 3.05) is 6.61 Å². The summed E-state index contributed by atoms with van der Waals surface area (Å²) in [6.45, 7) is 0.219. The van der Waals surface area contributed by atoms with Gasteiger partial charge in [0.2, 0.25) is 5.91 Å². The highest BCUT2D eigenvalue weighted by Crippen LogP contribution is 2.21. The van der Waals surface area contributed by atoms with Gasteiger partial charge in [0.15, 0.2) is 17.4 Å². The second-order valence-electron chi connectivity index (χ2n) is 3.68. The van der Waals surface area contributed by atoms with E-state index in [0.29, 0.717) is 19.3 Å². The van der Waals surface area contributed by atoms with Crippen LogP contribution in [0.3, 0.4) is 0 Å². The summed E-state index contributed by atoms with van der Waals surface area (Å²) in [5.74, 6) is -2.10. The Balaban J connectivity index is 2.24. The van der Waals surface area contributed by atoms with Gasteiger partial charge in [-0.2, -0.15) is 0 Å². The first-order valence-electron chi connectivity index (χ1n) is 5.46. The number of rotatable bonds is 7. The van der Waals surface area contributed by atoms with E-state index in [2.05, 4.69) is 0 Å². The number of unbranched alkanes of at least 4 members (excludes halogenated alkanes) is 2. The van der Waals surface area contributed by atoms with Crippen LogP contribution in [0, 0.1) is 11.6 Å². The van der Waals surface area contributed by atoms with Crippen LogP contribution in [0.25, 0.3) is 0 Å². The van der Waals surface area contributed by atoms with Crippen molar-refractivity contribution in [3.8, 4) is 5.75 Å². The van der Waals surface area contributed by atoms with Crippen LogP contribution in [0.4, 0.5) is 8.78 Å². The summed E-state index contributed by atoms with van der Waals surface area (Å²) < 4.78 is 31.2. The summed E-state index contributed by atoms with van der Waals surface area (Å²) in [5, 5.41) is 0. The standard InChI is InChI=1S/C12H15F2NO2/c13-9-5-4-6-10(14)12(9)17-8-3-1-2-7-11(15)16/h4-6H,1-3,7-8H2,(H2,15,16). The molecule has 1 amide bonds. The Bertz CT molecular complexity index is 363. The highest BCUT2D eigenvalue weighted by molar-refractivity contribution is 5.73. The number of para-hydroxylation sites is 1. The van der Waals surface area contributed by atoms with E-state index in [4.69, 9.17) is 10.5 Å². The molecule has 0 aliphatic heterocycles. The molecule has 0 aliphatic rings. The predicted octanol–water partition coefficient (Wildman–Crippen LogP) is 2.39. The number of benzene rings is 1. The summed E-state index contributed by atoms with van der Waals surface area (Å²) in [4.78, 5) is 10.4. The van der Waals surface area contributed by atoms with Gasteiger partial charge in [-0.3, -0.25) is 4.79 Å². The van der Waals surface area contributed by atoms with Crippen LogP contribution in [-0.4, -0.2) is 12.5 Å². The van der Waals surface area contributed by atoms with E-state index in [9.17, 15) is 13.6 Å². The van der Waals surface area contributed by atoms with Crippen LogP contribution in [0.5, 0.6) is 5.75 Å². The number of nitrogens with two attached hydrogens (primary N) is 1. The van der Waals surface area contributed by atoms with Gasteiger partial charge >= 0.3 is 0 Å². The lowest BCUT2D eigenvalue weighted by Gasteiger charge is -2.07. The van der Waals surface area contributed by atoms with Gasteiger partial charge in [-0.05, 0) is 31.4 Å². The maximum absolute atomic E-state index is 13.1. The molecule has 0 unspecified atom stereocenters. The van der Waals surface area contributed by atoms with Crippen LogP contribution in [-0.2, 0) is 4.79 Å². The predicted molar refractivity (Wildman–Crippen MR) is 59.5 cm³/mol. The van der Waals surface area contributed by atoms with E-state index in [1.54, 1.807) is 0 Å². The first-order chi connectivity index (χ1) is 8.11. The van der Waals surface area contributed by atoms with Crippen molar-refractivity contribution in [3.63, 3.8) is 0 Å². The quantitative estimate of drug-likeness (QED) is 0.747. The molecule has 0 radical (unpaired) electrons. The van der Waals surface area contributed by atoms with E-state index in [-0.39, 0.29) is 18.3 Å². The van der Waals surface area contributed by atoms with Crippen LogP contribution in [0.1, 0.15) is 25.7 Å². The fourth-order valence-electron chi connectivity index (χ4n) is 1.37. The molecular weight excluding hydrogens is 228 g/mol. The van der Waals surface area contributed by atoms with E-state index >= 15 is 0 Å². The van der Waals surface area contributed by atoms with Gasteiger partial charge in [-0.25, -0.2) is 8.78 Å². The van der Waals surface area contributed by atoms with Crippen molar-refractivity contribution in [1.29, 1.82) is 0 Å². The zero-order chi connectivity index (χ0) is 12.7. The number of halogens is 2. The number of carbonyl (C=O) groups is 1. The van der Waals surface area contributed by atoms with Gasteiger partial charge in [-0.15, -0.1) is 0 Å². The van der Waals surface area contributed by atoms with Crippen LogP contribution in [0.2, 0.25) is 0 Å². The normalized spacial score (nSPS) is 10.2. The lowest BCUT2D eigenvalue weighted by atomic mass is 10.2. The number of primary amides is 1. The minimum atomic E-state index is -0.706. The average molecular weight is 243 g/mol. The van der Waals surface area contributed by atoms with Gasteiger partial charge in [0.25, 0.3) is 0 Å². The molecule has 94 valence electrons. The lowest BCUT2D eigenvalue weighted by Crippen LogP contribution is -2.09. The highest BCUT2D eigenvalue weighted by Gasteiger charge is 2.08. The molecule has 0 saturated carbocycles. The van der Waals surface area contributed by atoms with Crippen molar-refractivity contribution < 1.29 is 18.3 Å². The van der Waals surface area contributed by atoms with E-state index in [0.717, 1.165) is 18.6 Å². The van der Waals surface area contributed by atoms with Gasteiger partial charge in [-0.1, -0.05) is 6.07 Å². The van der Waals surface area contributed by atoms with Gasteiger partial charge in [0, 0.05) is 6.42 Å². The van der Waals surface area contributed by atoms with Crippen LogP contribution >= 0.6 is 0 Å². The largest absolute Gasteiger partial charge is 0.488 e. The number of ether oxygens (including phenoxy) is 1. The topological polar surface area (TPSA) is 52.3 Å². The Morgan fingerprint density at radius 3 is 2.41 bits per heavy atom. The molecule has 0 saturated heterocycles. The van der Waals surface area contributed by atoms with Gasteiger partial charge < -0.3 is 10.5 Å². The fraction of sp³-hybridized carbons (Fsp3) is 0.417. The summed E-state index contributed by atoms with van der Waals surface area (Å²) in [6.07, 6.45) is 2.35. The molecule has 0 bridgehead atoms. The number of hydrogen-bond acceptors (Lipinski definition) is 2. The number of carbonyl (C=O) groups excluding carboxylic acids is 1. The molecule has 0 aromatic heterocycles. The molecule has 0 heterocycles. The van der Waals surface area contributed by atoms with Crippen LogP contribution < -0.4 is 10.5 Å². The second kappa shape index (κ2) is 6.83. The Kier molecular flexibility index (Phi) is 5.39. The molecular formula is C12H15F2NO2. The van der Waals surface area contributed by atoms with E-state index in [1.165, 1.54) is 6.07 Å². The molecule has 2 N–H and O–H groups in total. The average Bonchev–Trinajstić information content (AvgIpc) is 2.26. The van der Waals surface area contributed by atoms with Crippen molar-refractivity contribution in [1.82, 2.24) is 0 Å². The van der Waals surface area contributed by atoms with E-state index < -0.39 is 11.6 Å². The Morgan fingerprint density at radius 2 is 1.82 bits per heavy atom. The smallest absolute Gasteiger partial charge is 0.217 e. The minimum absolute atomic E-state index is 0.219. The molecule has 17 heavy (non-hydrogen) atoms. The van der Waals surface area contributed by atoms with Crippen molar-refractivity contribution in [2.24, 2.45) is 5.73 Å². The molecule has 1 aromatic carbocycles. The minimum Gasteiger partial charge on any atom is -0.488 e. The summed E-state index contributed by atoms with van der Waals surface area (Å²) >= 11 is 0. The Morgan fingerprint density at radius 1 is 1.18 bits per heavy atom. The first-order valence-corrected chi connectivity index (χ1v) is 5.46. The van der Waals surface area contributed by atoms with Crippen LogP contribution in [0.15, 0.2) is 18.2 Å². The van der Waals surface area contributed by atoms with Crippen molar-refractivity contribution >= 4 is 5.91 Å². The molecule has 1 rings (SSSR count). The van der Waals surface area contributed by atoms with Gasteiger partial charge in [0.1, 0.15) is 0 Å². The van der Waals surface area contributed by atoms with Crippen molar-refractivity contribution in [2.45, 2.75) is 25.7 Å². The third-order valence-electron chi connectivity index (χ3n) is 2.23. The lowest BCUT2D eigenvalue weighted by molar-refractivity contribution is -0.118. The molecule has 3 nitrogen and oxygen atoms in total. The monoisotopic (exact) mass is 243 g/mol. The molecule has 0 fully saturated rings. The number of hydrogen-bond donors (Lipinski definition) is 1. The molecule has 5 heteroatoms. The summed E-state index contributed by atoms with van der Waals surface area (Å²) in [6, 6.07) is 3.57.